The van der Waals surface area contributed by atoms with Gasteiger partial charge in [0.05, 0.1) is 18.6 Å². The standard InChI is InChI=1S/C7H12N2O/c1-9-5-7(10)4-6(9)2-3-8/h6-7,10H,2,4-5H2,1H3. The van der Waals surface area contributed by atoms with Crippen molar-refractivity contribution in [1.82, 2.24) is 4.90 Å². The maximum absolute atomic E-state index is 9.15. The summed E-state index contributed by atoms with van der Waals surface area (Å²) in [5.74, 6) is 0. The summed E-state index contributed by atoms with van der Waals surface area (Å²) in [4.78, 5) is 2.04. The van der Waals surface area contributed by atoms with Crippen LogP contribution in [0.15, 0.2) is 0 Å². The van der Waals surface area contributed by atoms with Crippen LogP contribution in [0.1, 0.15) is 12.8 Å². The Balaban J connectivity index is 2.40. The minimum absolute atomic E-state index is 0.219. The van der Waals surface area contributed by atoms with E-state index in [1.54, 1.807) is 0 Å². The Morgan fingerprint density at radius 2 is 2.50 bits per heavy atom. The Morgan fingerprint density at radius 1 is 1.80 bits per heavy atom. The van der Waals surface area contributed by atoms with Crippen LogP contribution < -0.4 is 0 Å². The van der Waals surface area contributed by atoms with Crippen LogP contribution in [-0.4, -0.2) is 35.7 Å². The Labute approximate surface area is 60.9 Å². The fraction of sp³-hybridized carbons (Fsp3) is 0.857. The minimum atomic E-state index is -0.219. The third-order valence-corrected chi connectivity index (χ3v) is 1.99. The SMILES string of the molecule is CN1CC(O)CC1CC#N. The smallest absolute Gasteiger partial charge is 0.0682 e. The highest BCUT2D eigenvalue weighted by molar-refractivity contribution is 4.89. The lowest BCUT2D eigenvalue weighted by molar-refractivity contribution is 0.182. The van der Waals surface area contributed by atoms with E-state index in [1.807, 2.05) is 11.9 Å². The molecule has 0 saturated carbocycles. The van der Waals surface area contributed by atoms with Gasteiger partial charge in [0.2, 0.25) is 0 Å². The molecule has 1 heterocycles. The predicted molar refractivity (Wildman–Crippen MR) is 37.3 cm³/mol. The molecule has 0 bridgehead atoms. The molecule has 0 aliphatic carbocycles. The van der Waals surface area contributed by atoms with E-state index in [-0.39, 0.29) is 12.1 Å². The zero-order valence-electron chi connectivity index (χ0n) is 6.12. The molecule has 0 aromatic rings. The second kappa shape index (κ2) is 3.00. The Morgan fingerprint density at radius 3 is 2.90 bits per heavy atom. The van der Waals surface area contributed by atoms with Gasteiger partial charge in [0, 0.05) is 12.6 Å². The number of likely N-dealkylation sites (N-methyl/N-ethyl adjacent to an activating group) is 1. The van der Waals surface area contributed by atoms with Crippen LogP contribution in [-0.2, 0) is 0 Å². The van der Waals surface area contributed by atoms with Gasteiger partial charge >= 0.3 is 0 Å². The van der Waals surface area contributed by atoms with E-state index in [9.17, 15) is 0 Å². The monoisotopic (exact) mass is 140 g/mol. The lowest BCUT2D eigenvalue weighted by Gasteiger charge is -2.14. The van der Waals surface area contributed by atoms with Crippen LogP contribution in [0.2, 0.25) is 0 Å². The molecule has 1 rings (SSSR count). The highest BCUT2D eigenvalue weighted by atomic mass is 16.3. The number of aliphatic hydroxyl groups excluding tert-OH is 1. The molecule has 3 heteroatoms. The van der Waals surface area contributed by atoms with Crippen molar-refractivity contribution >= 4 is 0 Å². The number of nitriles is 1. The summed E-state index contributed by atoms with van der Waals surface area (Å²) in [6.07, 6.45) is 1.07. The lowest BCUT2D eigenvalue weighted by atomic mass is 10.1. The van der Waals surface area contributed by atoms with E-state index in [2.05, 4.69) is 6.07 Å². The van der Waals surface area contributed by atoms with Crippen LogP contribution in [0, 0.1) is 11.3 Å². The summed E-state index contributed by atoms with van der Waals surface area (Å²) in [5.41, 5.74) is 0. The highest BCUT2D eigenvalue weighted by Gasteiger charge is 2.27. The molecule has 1 aliphatic heterocycles. The second-order valence-corrected chi connectivity index (χ2v) is 2.85. The first-order valence-corrected chi connectivity index (χ1v) is 3.49. The molecule has 3 nitrogen and oxygen atoms in total. The van der Waals surface area contributed by atoms with Gasteiger partial charge in [0.15, 0.2) is 0 Å². The van der Waals surface area contributed by atoms with Crippen LogP contribution >= 0.6 is 0 Å². The van der Waals surface area contributed by atoms with Gasteiger partial charge in [-0.1, -0.05) is 0 Å². The average Bonchev–Trinajstić information content (AvgIpc) is 2.13. The van der Waals surface area contributed by atoms with Gasteiger partial charge < -0.3 is 5.11 Å². The molecule has 1 fully saturated rings. The van der Waals surface area contributed by atoms with Crippen molar-refractivity contribution in [2.45, 2.75) is 25.0 Å². The van der Waals surface area contributed by atoms with E-state index < -0.39 is 0 Å². The number of nitrogens with zero attached hydrogens (tertiary/aromatic N) is 2. The highest BCUT2D eigenvalue weighted by Crippen LogP contribution is 2.17. The van der Waals surface area contributed by atoms with Crippen LogP contribution in [0.25, 0.3) is 0 Å². The van der Waals surface area contributed by atoms with Gasteiger partial charge in [-0.2, -0.15) is 5.26 Å². The van der Waals surface area contributed by atoms with E-state index >= 15 is 0 Å². The molecule has 2 atom stereocenters. The van der Waals surface area contributed by atoms with E-state index in [1.165, 1.54) is 0 Å². The molecule has 0 radical (unpaired) electrons. The molecule has 1 aliphatic rings. The number of aliphatic hydroxyl groups is 1. The third-order valence-electron chi connectivity index (χ3n) is 1.99. The average molecular weight is 140 g/mol. The van der Waals surface area contributed by atoms with E-state index in [0.717, 1.165) is 6.42 Å². The summed E-state index contributed by atoms with van der Waals surface area (Å²) in [6, 6.07) is 2.39. The zero-order valence-corrected chi connectivity index (χ0v) is 6.12. The van der Waals surface area contributed by atoms with Gasteiger partial charge in [-0.05, 0) is 13.5 Å². The second-order valence-electron chi connectivity index (χ2n) is 2.85. The van der Waals surface area contributed by atoms with Crippen molar-refractivity contribution in [1.29, 1.82) is 5.26 Å². The first-order chi connectivity index (χ1) is 4.74. The molecule has 0 aromatic heterocycles. The Bertz CT molecular complexity index is 152. The predicted octanol–water partition coefficient (Wildman–Crippen LogP) is -0.0349. The van der Waals surface area contributed by atoms with Crippen molar-refractivity contribution in [3.63, 3.8) is 0 Å². The van der Waals surface area contributed by atoms with Gasteiger partial charge in [-0.3, -0.25) is 4.90 Å². The molecule has 0 aromatic carbocycles. The Hall–Kier alpha value is -0.590. The summed E-state index contributed by atoms with van der Waals surface area (Å²) in [6.45, 7) is 0.715. The molecular weight excluding hydrogens is 128 g/mol. The van der Waals surface area contributed by atoms with Crippen molar-refractivity contribution in [2.75, 3.05) is 13.6 Å². The molecule has 10 heavy (non-hydrogen) atoms. The first-order valence-electron chi connectivity index (χ1n) is 3.49. The normalized spacial score (nSPS) is 34.1. The first kappa shape index (κ1) is 7.52. The summed E-state index contributed by atoms with van der Waals surface area (Å²) in [7, 11) is 1.94. The van der Waals surface area contributed by atoms with Crippen LogP contribution in [0.5, 0.6) is 0 Å². The molecule has 0 spiro atoms. The number of hydrogen-bond donors (Lipinski definition) is 1. The summed E-state index contributed by atoms with van der Waals surface area (Å²) in [5, 5.41) is 17.5. The van der Waals surface area contributed by atoms with E-state index in [4.69, 9.17) is 10.4 Å². The van der Waals surface area contributed by atoms with Crippen molar-refractivity contribution in [3.05, 3.63) is 0 Å². The van der Waals surface area contributed by atoms with E-state index in [0.29, 0.717) is 13.0 Å². The fourth-order valence-corrected chi connectivity index (χ4v) is 1.39. The molecular formula is C7H12N2O. The number of hydrogen-bond acceptors (Lipinski definition) is 3. The van der Waals surface area contributed by atoms with Crippen LogP contribution in [0.4, 0.5) is 0 Å². The third kappa shape index (κ3) is 1.47. The maximum atomic E-state index is 9.15. The quantitative estimate of drug-likeness (QED) is 0.556. The topological polar surface area (TPSA) is 47.3 Å². The van der Waals surface area contributed by atoms with Gasteiger partial charge in [0.1, 0.15) is 0 Å². The van der Waals surface area contributed by atoms with Crippen molar-refractivity contribution in [2.24, 2.45) is 0 Å². The van der Waals surface area contributed by atoms with Crippen molar-refractivity contribution < 1.29 is 5.11 Å². The van der Waals surface area contributed by atoms with Gasteiger partial charge in [-0.25, -0.2) is 0 Å². The fourth-order valence-electron chi connectivity index (χ4n) is 1.39. The van der Waals surface area contributed by atoms with Gasteiger partial charge in [0.25, 0.3) is 0 Å². The lowest BCUT2D eigenvalue weighted by Crippen LogP contribution is -2.24. The summed E-state index contributed by atoms with van der Waals surface area (Å²) >= 11 is 0. The maximum Gasteiger partial charge on any atom is 0.0682 e. The molecule has 2 unspecified atom stereocenters. The molecule has 0 amide bonds. The summed E-state index contributed by atoms with van der Waals surface area (Å²) < 4.78 is 0. The molecule has 1 saturated heterocycles. The number of rotatable bonds is 1. The van der Waals surface area contributed by atoms with Gasteiger partial charge in [-0.15, -0.1) is 0 Å². The van der Waals surface area contributed by atoms with Crippen molar-refractivity contribution in [3.8, 4) is 6.07 Å². The molecule has 56 valence electrons. The Kier molecular flexibility index (Phi) is 2.25. The molecule has 1 N–H and O–H groups in total. The number of likely N-dealkylation sites (tertiary alicyclic amines) is 1. The number of β-amino-alcohol motifs (C(OH)–C–C–N with tert-alkyl or cyclic N) is 1. The minimum Gasteiger partial charge on any atom is -0.392 e. The zero-order chi connectivity index (χ0) is 7.56. The largest absolute Gasteiger partial charge is 0.392 e. The van der Waals surface area contributed by atoms with Crippen LogP contribution in [0.3, 0.4) is 0 Å².